The minimum atomic E-state index is 0.135. The van der Waals surface area contributed by atoms with Crippen molar-refractivity contribution in [3.8, 4) is 5.75 Å². The van der Waals surface area contributed by atoms with Crippen LogP contribution in [0.25, 0.3) is 11.2 Å². The molecule has 2 N–H and O–H groups in total. The van der Waals surface area contributed by atoms with Crippen molar-refractivity contribution in [2.75, 3.05) is 25.5 Å². The van der Waals surface area contributed by atoms with Crippen LogP contribution in [0.5, 0.6) is 5.75 Å². The van der Waals surface area contributed by atoms with E-state index in [2.05, 4.69) is 25.3 Å². The fraction of sp³-hybridized carbons (Fsp3) is 0.368. The molecular weight excluding hydrogens is 344 g/mol. The second kappa shape index (κ2) is 7.61. The van der Waals surface area contributed by atoms with E-state index in [1.54, 1.807) is 13.4 Å². The number of aromatic nitrogens is 4. The topological polar surface area (TPSA) is 96.0 Å². The maximum Gasteiger partial charge on any atom is 0.227 e. The molecule has 27 heavy (non-hydrogen) atoms. The van der Waals surface area contributed by atoms with Crippen LogP contribution in [-0.2, 0) is 11.2 Å². The predicted octanol–water partition coefficient (Wildman–Crippen LogP) is 2.01. The largest absolute Gasteiger partial charge is 0.496 e. The number of benzene rings is 1. The normalized spacial score (nSPS) is 15.1. The van der Waals surface area contributed by atoms with Gasteiger partial charge >= 0.3 is 0 Å². The van der Waals surface area contributed by atoms with Crippen molar-refractivity contribution in [1.29, 1.82) is 0 Å². The first-order valence-electron chi connectivity index (χ1n) is 9.05. The molecular formula is C19H22N6O2. The number of methoxy groups -OCH3 is 1. The van der Waals surface area contributed by atoms with Crippen molar-refractivity contribution in [3.63, 3.8) is 0 Å². The molecule has 140 valence electrons. The second-order valence-corrected chi connectivity index (χ2v) is 6.61. The van der Waals surface area contributed by atoms with E-state index in [-0.39, 0.29) is 11.9 Å². The van der Waals surface area contributed by atoms with E-state index in [1.165, 1.54) is 6.33 Å². The van der Waals surface area contributed by atoms with Crippen LogP contribution in [0, 0.1) is 0 Å². The summed E-state index contributed by atoms with van der Waals surface area (Å²) in [7, 11) is 1.63. The highest BCUT2D eigenvalue weighted by Crippen LogP contribution is 2.22. The van der Waals surface area contributed by atoms with Gasteiger partial charge in [0.2, 0.25) is 5.91 Å². The smallest absolute Gasteiger partial charge is 0.227 e. The van der Waals surface area contributed by atoms with E-state index >= 15 is 0 Å². The summed E-state index contributed by atoms with van der Waals surface area (Å²) in [6, 6.07) is 7.93. The van der Waals surface area contributed by atoms with Crippen LogP contribution in [0.3, 0.4) is 0 Å². The van der Waals surface area contributed by atoms with E-state index in [0.29, 0.717) is 12.1 Å². The fourth-order valence-corrected chi connectivity index (χ4v) is 3.46. The molecule has 1 aliphatic rings. The van der Waals surface area contributed by atoms with Gasteiger partial charge in [0.1, 0.15) is 17.6 Å². The Bertz CT molecular complexity index is 933. The van der Waals surface area contributed by atoms with Gasteiger partial charge in [-0.05, 0) is 18.9 Å². The van der Waals surface area contributed by atoms with Gasteiger partial charge < -0.3 is 19.9 Å². The summed E-state index contributed by atoms with van der Waals surface area (Å²) in [6.07, 6.45) is 5.23. The third kappa shape index (κ3) is 3.69. The van der Waals surface area contributed by atoms with Gasteiger partial charge in [-0.1, -0.05) is 18.2 Å². The predicted molar refractivity (Wildman–Crippen MR) is 102 cm³/mol. The summed E-state index contributed by atoms with van der Waals surface area (Å²) in [6.45, 7) is 1.45. The standard InChI is InChI=1S/C19H22N6O2/c1-27-15-5-3-2-4-13(15)10-16(26)25-8-6-14(7-9-25)24-19-17-18(21-11-20-17)22-12-23-19/h2-5,11-12,14H,6-10H2,1H3,(H2,20,21,22,23,24). The molecule has 2 aromatic heterocycles. The number of aromatic amines is 1. The zero-order valence-corrected chi connectivity index (χ0v) is 15.2. The van der Waals surface area contributed by atoms with Gasteiger partial charge in [-0.25, -0.2) is 15.0 Å². The van der Waals surface area contributed by atoms with E-state index in [0.717, 1.165) is 48.6 Å². The molecule has 0 radical (unpaired) electrons. The number of para-hydroxylation sites is 1. The monoisotopic (exact) mass is 366 g/mol. The molecule has 4 rings (SSSR count). The number of hydrogen-bond acceptors (Lipinski definition) is 6. The molecule has 0 unspecified atom stereocenters. The van der Waals surface area contributed by atoms with Crippen LogP contribution in [0.15, 0.2) is 36.9 Å². The molecule has 0 atom stereocenters. The number of likely N-dealkylation sites (tertiary alicyclic amines) is 1. The number of ether oxygens (including phenoxy) is 1. The van der Waals surface area contributed by atoms with Crippen molar-refractivity contribution in [3.05, 3.63) is 42.5 Å². The van der Waals surface area contributed by atoms with Crippen molar-refractivity contribution >= 4 is 22.9 Å². The third-order valence-corrected chi connectivity index (χ3v) is 4.95. The number of nitrogens with zero attached hydrogens (tertiary/aromatic N) is 4. The molecule has 1 saturated heterocycles. The molecule has 0 aliphatic carbocycles. The Morgan fingerprint density at radius 3 is 2.89 bits per heavy atom. The first-order chi connectivity index (χ1) is 13.2. The number of H-pyrrole nitrogens is 1. The van der Waals surface area contributed by atoms with Gasteiger partial charge in [0.05, 0.1) is 19.9 Å². The van der Waals surface area contributed by atoms with E-state index in [1.807, 2.05) is 29.2 Å². The Morgan fingerprint density at radius 2 is 2.07 bits per heavy atom. The molecule has 1 aliphatic heterocycles. The number of carbonyl (C=O) groups is 1. The first-order valence-corrected chi connectivity index (χ1v) is 9.05. The summed E-state index contributed by atoms with van der Waals surface area (Å²) in [5, 5.41) is 3.46. The lowest BCUT2D eigenvalue weighted by Gasteiger charge is -2.32. The Labute approximate surface area is 157 Å². The second-order valence-electron chi connectivity index (χ2n) is 6.61. The minimum absolute atomic E-state index is 0.135. The number of piperidine rings is 1. The minimum Gasteiger partial charge on any atom is -0.496 e. The number of nitrogens with one attached hydrogen (secondary N) is 2. The highest BCUT2D eigenvalue weighted by Gasteiger charge is 2.24. The van der Waals surface area contributed by atoms with E-state index in [4.69, 9.17) is 4.74 Å². The van der Waals surface area contributed by atoms with Gasteiger partial charge in [-0.15, -0.1) is 0 Å². The van der Waals surface area contributed by atoms with E-state index in [9.17, 15) is 4.79 Å². The maximum absolute atomic E-state index is 12.7. The molecule has 0 bridgehead atoms. The zero-order valence-electron chi connectivity index (χ0n) is 15.2. The van der Waals surface area contributed by atoms with Gasteiger partial charge in [0.25, 0.3) is 0 Å². The van der Waals surface area contributed by atoms with Crippen LogP contribution in [0.1, 0.15) is 18.4 Å². The molecule has 1 amide bonds. The summed E-state index contributed by atoms with van der Waals surface area (Å²) >= 11 is 0. The average Bonchev–Trinajstić information content (AvgIpc) is 3.19. The Balaban J connectivity index is 1.34. The van der Waals surface area contributed by atoms with Crippen LogP contribution in [0.4, 0.5) is 5.82 Å². The van der Waals surface area contributed by atoms with Gasteiger partial charge in [-0.3, -0.25) is 4.79 Å². The van der Waals surface area contributed by atoms with Crippen molar-refractivity contribution in [1.82, 2.24) is 24.8 Å². The number of rotatable bonds is 5. The van der Waals surface area contributed by atoms with Crippen LogP contribution < -0.4 is 10.1 Å². The number of imidazole rings is 1. The number of carbonyl (C=O) groups excluding carboxylic acids is 1. The Morgan fingerprint density at radius 1 is 1.26 bits per heavy atom. The molecule has 0 saturated carbocycles. The molecule has 1 fully saturated rings. The van der Waals surface area contributed by atoms with Crippen molar-refractivity contribution in [2.24, 2.45) is 0 Å². The maximum atomic E-state index is 12.7. The molecule has 1 aromatic carbocycles. The zero-order chi connectivity index (χ0) is 18.6. The summed E-state index contributed by atoms with van der Waals surface area (Å²) in [5.74, 6) is 1.65. The highest BCUT2D eigenvalue weighted by molar-refractivity contribution is 5.82. The lowest BCUT2D eigenvalue weighted by atomic mass is 10.0. The highest BCUT2D eigenvalue weighted by atomic mass is 16.5. The van der Waals surface area contributed by atoms with Gasteiger partial charge in [-0.2, -0.15) is 0 Å². The average molecular weight is 366 g/mol. The lowest BCUT2D eigenvalue weighted by molar-refractivity contribution is -0.131. The summed E-state index contributed by atoms with van der Waals surface area (Å²) in [4.78, 5) is 30.2. The number of fused-ring (bicyclic) bond motifs is 1. The molecule has 3 aromatic rings. The fourth-order valence-electron chi connectivity index (χ4n) is 3.46. The summed E-state index contributed by atoms with van der Waals surface area (Å²) in [5.41, 5.74) is 2.39. The third-order valence-electron chi connectivity index (χ3n) is 4.95. The Hall–Kier alpha value is -3.16. The first kappa shape index (κ1) is 17.3. The summed E-state index contributed by atoms with van der Waals surface area (Å²) < 4.78 is 5.34. The van der Waals surface area contributed by atoms with Gasteiger partial charge in [0, 0.05) is 24.7 Å². The Kier molecular flexibility index (Phi) is 4.86. The number of anilines is 1. The molecule has 8 nitrogen and oxygen atoms in total. The van der Waals surface area contributed by atoms with Gasteiger partial charge in [0.15, 0.2) is 11.5 Å². The van der Waals surface area contributed by atoms with Crippen molar-refractivity contribution < 1.29 is 9.53 Å². The van der Waals surface area contributed by atoms with E-state index < -0.39 is 0 Å². The SMILES string of the molecule is COc1ccccc1CC(=O)N1CCC(Nc2ncnc3nc[nH]c23)CC1. The lowest BCUT2D eigenvalue weighted by Crippen LogP contribution is -2.43. The molecule has 0 spiro atoms. The number of hydrogen-bond donors (Lipinski definition) is 2. The van der Waals surface area contributed by atoms with Crippen molar-refractivity contribution in [2.45, 2.75) is 25.3 Å². The number of amides is 1. The molecule has 3 heterocycles. The molecule has 8 heteroatoms. The quantitative estimate of drug-likeness (QED) is 0.717. The van der Waals surface area contributed by atoms with Crippen LogP contribution in [0.2, 0.25) is 0 Å². The van der Waals surface area contributed by atoms with Crippen LogP contribution >= 0.6 is 0 Å². The van der Waals surface area contributed by atoms with Crippen LogP contribution in [-0.4, -0.2) is 57.0 Å².